The maximum Gasteiger partial charge on any atom is 1.00 e. The zero-order chi connectivity index (χ0) is 22.0. The van der Waals surface area contributed by atoms with Gasteiger partial charge in [-0.2, -0.15) is 0 Å². The van der Waals surface area contributed by atoms with E-state index in [2.05, 4.69) is 0 Å². The summed E-state index contributed by atoms with van der Waals surface area (Å²) in [5.74, 6) is -1.36. The fraction of sp³-hybridized carbons (Fsp3) is 0.308. The van der Waals surface area contributed by atoms with Crippen LogP contribution in [0.15, 0.2) is 54.6 Å². The van der Waals surface area contributed by atoms with Gasteiger partial charge in [0.15, 0.2) is 0 Å². The molecule has 1 aromatic heterocycles. The van der Waals surface area contributed by atoms with Crippen molar-refractivity contribution in [1.82, 2.24) is 4.98 Å². The second-order valence-corrected chi connectivity index (χ2v) is 7.98. The summed E-state index contributed by atoms with van der Waals surface area (Å²) in [5.41, 5.74) is 4.38. The Morgan fingerprint density at radius 1 is 1.15 bits per heavy atom. The normalized spacial score (nSPS) is 15.0. The molecule has 0 bridgehead atoms. The minimum atomic E-state index is -1.36. The number of benzene rings is 2. The summed E-state index contributed by atoms with van der Waals surface area (Å²) in [7, 11) is 0. The molecule has 1 saturated carbocycles. The van der Waals surface area contributed by atoms with Crippen molar-refractivity contribution in [2.75, 3.05) is 0 Å². The SMILES string of the molecule is C.O=C([O-])C[C@@H](O)C[C@@H](O)/C=C/c1c(C2CC2)nc2ccccc2c1-c1ccc(F)cc1.[Na+]. The molecule has 33 heavy (non-hydrogen) atoms. The number of hydrogen-bond acceptors (Lipinski definition) is 5. The standard InChI is InChI=1S/C25H24FNO4.CH4.Na/c26-17-9-7-15(8-10-17)24-20-3-1-2-4-22(20)27-25(16-5-6-16)21(24)12-11-18(28)13-19(29)14-23(30)31;;/h1-4,7-12,16,18-19,28-29H,5-6,13-14H2,(H,30,31);1H4;/q;;+1/p-1/b12-11+;;/t18-,19-;;/m0../s1. The molecule has 0 unspecified atom stereocenters. The molecule has 1 aliphatic rings. The van der Waals surface area contributed by atoms with Gasteiger partial charge in [0.2, 0.25) is 0 Å². The van der Waals surface area contributed by atoms with Crippen LogP contribution in [-0.4, -0.2) is 33.4 Å². The Balaban J connectivity index is 0.00000193. The van der Waals surface area contributed by atoms with Crippen molar-refractivity contribution in [2.24, 2.45) is 0 Å². The van der Waals surface area contributed by atoms with Gasteiger partial charge in [0.1, 0.15) is 5.82 Å². The summed E-state index contributed by atoms with van der Waals surface area (Å²) in [5, 5.41) is 31.7. The number of rotatable bonds is 8. The van der Waals surface area contributed by atoms with Gasteiger partial charge in [-0.3, -0.25) is 4.98 Å². The number of hydrogen-bond donors (Lipinski definition) is 2. The molecule has 7 heteroatoms. The third-order valence-corrected chi connectivity index (χ3v) is 5.46. The second kappa shape index (κ2) is 11.9. The number of carboxylic acids is 1. The molecule has 168 valence electrons. The number of para-hydroxylation sites is 1. The molecule has 0 saturated heterocycles. The van der Waals surface area contributed by atoms with Crippen LogP contribution in [0.1, 0.15) is 50.3 Å². The van der Waals surface area contributed by atoms with Gasteiger partial charge in [0, 0.05) is 41.2 Å². The maximum atomic E-state index is 13.6. The van der Waals surface area contributed by atoms with Gasteiger partial charge in [0.05, 0.1) is 23.4 Å². The maximum absolute atomic E-state index is 13.6. The molecule has 0 amide bonds. The average molecular weight is 459 g/mol. The smallest absolute Gasteiger partial charge is 0.550 e. The minimum absolute atomic E-state index is 0. The van der Waals surface area contributed by atoms with E-state index in [9.17, 15) is 24.5 Å². The van der Waals surface area contributed by atoms with Crippen LogP contribution in [0.2, 0.25) is 0 Å². The van der Waals surface area contributed by atoms with Crippen molar-refractivity contribution in [3.8, 4) is 11.1 Å². The minimum Gasteiger partial charge on any atom is -0.550 e. The number of fused-ring (bicyclic) bond motifs is 1. The molecule has 5 nitrogen and oxygen atoms in total. The summed E-state index contributed by atoms with van der Waals surface area (Å²) < 4.78 is 13.6. The largest absolute Gasteiger partial charge is 1.00 e. The second-order valence-electron chi connectivity index (χ2n) is 7.98. The van der Waals surface area contributed by atoms with Crippen molar-refractivity contribution in [3.63, 3.8) is 0 Å². The van der Waals surface area contributed by atoms with E-state index in [4.69, 9.17) is 4.98 Å². The van der Waals surface area contributed by atoms with Gasteiger partial charge in [0.25, 0.3) is 0 Å². The molecule has 2 aromatic carbocycles. The first-order chi connectivity index (χ1) is 14.9. The van der Waals surface area contributed by atoms with Crippen LogP contribution in [0.3, 0.4) is 0 Å². The summed E-state index contributed by atoms with van der Waals surface area (Å²) in [6.07, 6.45) is 2.51. The Morgan fingerprint density at radius 2 is 1.82 bits per heavy atom. The van der Waals surface area contributed by atoms with Crippen LogP contribution >= 0.6 is 0 Å². The molecule has 3 aromatic rings. The fourth-order valence-corrected chi connectivity index (χ4v) is 3.85. The zero-order valence-electron chi connectivity index (χ0n) is 17.9. The molecule has 1 fully saturated rings. The molecule has 1 heterocycles. The fourth-order valence-electron chi connectivity index (χ4n) is 3.85. The Kier molecular flexibility index (Phi) is 9.76. The van der Waals surface area contributed by atoms with Gasteiger partial charge in [-0.1, -0.05) is 49.9 Å². The predicted octanol–water partition coefficient (Wildman–Crippen LogP) is 0.823. The van der Waals surface area contributed by atoms with E-state index < -0.39 is 24.6 Å². The number of aliphatic carboxylic acids is 1. The summed E-state index contributed by atoms with van der Waals surface area (Å²) in [6, 6.07) is 14.1. The van der Waals surface area contributed by atoms with Crippen LogP contribution < -0.4 is 34.7 Å². The number of carboxylic acid groups (broad SMARTS) is 1. The Bertz CT molecular complexity index is 1130. The topological polar surface area (TPSA) is 93.5 Å². The van der Waals surface area contributed by atoms with Crippen LogP contribution in [0, 0.1) is 5.82 Å². The molecule has 4 rings (SSSR count). The first-order valence-electron chi connectivity index (χ1n) is 10.3. The molecular weight excluding hydrogens is 432 g/mol. The van der Waals surface area contributed by atoms with Crippen molar-refractivity contribution in [2.45, 2.75) is 51.2 Å². The number of halogens is 1. The summed E-state index contributed by atoms with van der Waals surface area (Å²) in [6.45, 7) is 0. The van der Waals surface area contributed by atoms with Crippen LogP contribution in [-0.2, 0) is 4.79 Å². The van der Waals surface area contributed by atoms with Crippen molar-refractivity contribution in [1.29, 1.82) is 0 Å². The molecule has 1 aliphatic carbocycles. The number of aromatic nitrogens is 1. The third kappa shape index (κ3) is 6.71. The van der Waals surface area contributed by atoms with E-state index >= 15 is 0 Å². The summed E-state index contributed by atoms with van der Waals surface area (Å²) in [4.78, 5) is 15.5. The van der Waals surface area contributed by atoms with Crippen molar-refractivity contribution >= 4 is 22.9 Å². The van der Waals surface area contributed by atoms with E-state index in [1.54, 1.807) is 24.3 Å². The van der Waals surface area contributed by atoms with Gasteiger partial charge < -0.3 is 20.1 Å². The Morgan fingerprint density at radius 3 is 2.45 bits per heavy atom. The van der Waals surface area contributed by atoms with Crippen molar-refractivity contribution in [3.05, 3.63) is 71.7 Å². The Labute approximate surface area is 215 Å². The quantitative estimate of drug-likeness (QED) is 0.487. The van der Waals surface area contributed by atoms with E-state index in [0.29, 0.717) is 5.92 Å². The number of aliphatic hydroxyl groups excluding tert-OH is 2. The van der Waals surface area contributed by atoms with Gasteiger partial charge in [-0.15, -0.1) is 0 Å². The predicted molar refractivity (Wildman–Crippen MR) is 121 cm³/mol. The van der Waals surface area contributed by atoms with Gasteiger partial charge in [-0.05, 0) is 36.6 Å². The first-order valence-corrected chi connectivity index (χ1v) is 10.3. The first kappa shape index (κ1) is 27.2. The average Bonchev–Trinajstić information content (AvgIpc) is 3.56. The van der Waals surface area contributed by atoms with Crippen LogP contribution in [0.25, 0.3) is 28.1 Å². The number of aliphatic hydroxyl groups is 2. The van der Waals surface area contributed by atoms with E-state index in [0.717, 1.165) is 46.1 Å². The molecule has 2 atom stereocenters. The molecular formula is C26H27FNNaO4. The third-order valence-electron chi connectivity index (χ3n) is 5.46. The van der Waals surface area contributed by atoms with Crippen molar-refractivity contribution < 1.29 is 54.1 Å². The number of pyridine rings is 1. The molecule has 0 aliphatic heterocycles. The van der Waals surface area contributed by atoms with Crippen LogP contribution in [0.5, 0.6) is 0 Å². The van der Waals surface area contributed by atoms with Gasteiger partial charge in [-0.25, -0.2) is 4.39 Å². The monoisotopic (exact) mass is 459 g/mol. The number of carbonyl (C=O) groups excluding carboxylic acids is 1. The van der Waals surface area contributed by atoms with Gasteiger partial charge >= 0.3 is 29.6 Å². The zero-order valence-corrected chi connectivity index (χ0v) is 19.9. The summed E-state index contributed by atoms with van der Waals surface area (Å²) >= 11 is 0. The number of nitrogens with zero attached hydrogens (tertiary/aromatic N) is 1. The molecule has 0 spiro atoms. The molecule has 0 radical (unpaired) electrons. The number of carbonyl (C=O) groups is 1. The van der Waals surface area contributed by atoms with E-state index in [1.165, 1.54) is 12.1 Å². The van der Waals surface area contributed by atoms with Crippen LogP contribution in [0.4, 0.5) is 4.39 Å². The Hall–Kier alpha value is -2.09. The molecule has 2 N–H and O–H groups in total. The van der Waals surface area contributed by atoms with E-state index in [1.807, 2.05) is 24.3 Å². The van der Waals surface area contributed by atoms with E-state index in [-0.39, 0.29) is 49.2 Å².